The number of carbonyl (C=O) groups is 1. The van der Waals surface area contributed by atoms with Gasteiger partial charge in [0.25, 0.3) is 0 Å². The first-order valence-electron chi connectivity index (χ1n) is 8.26. The number of nitrogens with zero attached hydrogens (tertiary/aromatic N) is 4. The molecule has 3 heterocycles. The highest BCUT2D eigenvalue weighted by atomic mass is 16.2. The Morgan fingerprint density at radius 2 is 2.13 bits per heavy atom. The van der Waals surface area contributed by atoms with Crippen molar-refractivity contribution in [3.63, 3.8) is 0 Å². The summed E-state index contributed by atoms with van der Waals surface area (Å²) in [7, 11) is 1.89. The summed E-state index contributed by atoms with van der Waals surface area (Å²) in [5, 5.41) is 7.39. The highest BCUT2D eigenvalue weighted by molar-refractivity contribution is 5.95. The second-order valence-corrected chi connectivity index (χ2v) is 6.37. The first-order valence-corrected chi connectivity index (χ1v) is 8.26. The molecule has 2 aliphatic rings. The van der Waals surface area contributed by atoms with Crippen LogP contribution in [0.15, 0.2) is 24.5 Å². The van der Waals surface area contributed by atoms with Crippen molar-refractivity contribution >= 4 is 11.7 Å². The van der Waals surface area contributed by atoms with Crippen molar-refractivity contribution in [2.24, 2.45) is 13.0 Å². The highest BCUT2D eigenvalue weighted by Crippen LogP contribution is 2.32. The lowest BCUT2D eigenvalue weighted by Crippen LogP contribution is -2.23. The zero-order valence-corrected chi connectivity index (χ0v) is 13.3. The molecule has 0 saturated carbocycles. The number of rotatable bonds is 3. The lowest BCUT2D eigenvalue weighted by molar-refractivity contribution is -0.119. The standard InChI is InChI=1S/C17H21N5O/c1-21-11-13(10-18-21)15-16(20-17(23)12-6-2-3-7-12)22-9-5-4-8-14(22)19-15/h2-3,10-12H,4-9H2,1H3,(H,20,23). The Morgan fingerprint density at radius 3 is 2.87 bits per heavy atom. The number of hydrogen-bond acceptors (Lipinski definition) is 3. The van der Waals surface area contributed by atoms with Crippen LogP contribution in [-0.4, -0.2) is 25.2 Å². The molecule has 1 N–H and O–H groups in total. The number of anilines is 1. The molecule has 0 bridgehead atoms. The van der Waals surface area contributed by atoms with Gasteiger partial charge in [0.15, 0.2) is 0 Å². The average Bonchev–Trinajstić information content (AvgIpc) is 3.27. The highest BCUT2D eigenvalue weighted by Gasteiger charge is 2.26. The molecule has 120 valence electrons. The lowest BCUT2D eigenvalue weighted by atomic mass is 10.1. The molecule has 6 heteroatoms. The SMILES string of the molecule is Cn1cc(-c2nc3n(c2NC(=O)C2CC=CC2)CCCC3)cn1. The third kappa shape index (κ3) is 2.58. The van der Waals surface area contributed by atoms with Crippen LogP contribution in [0.4, 0.5) is 5.82 Å². The predicted molar refractivity (Wildman–Crippen MR) is 87.9 cm³/mol. The van der Waals surface area contributed by atoms with Crippen molar-refractivity contribution in [2.75, 3.05) is 5.32 Å². The summed E-state index contributed by atoms with van der Waals surface area (Å²) in [6.07, 6.45) is 12.8. The number of hydrogen-bond donors (Lipinski definition) is 1. The van der Waals surface area contributed by atoms with Gasteiger partial charge in [-0.2, -0.15) is 5.10 Å². The molecular formula is C17H21N5O. The molecule has 4 rings (SSSR count). The Kier molecular flexibility index (Phi) is 3.52. The van der Waals surface area contributed by atoms with E-state index >= 15 is 0 Å². The number of carbonyl (C=O) groups excluding carboxylic acids is 1. The van der Waals surface area contributed by atoms with Crippen LogP contribution in [0.25, 0.3) is 11.3 Å². The number of nitrogens with one attached hydrogen (secondary N) is 1. The van der Waals surface area contributed by atoms with E-state index in [2.05, 4.69) is 27.1 Å². The predicted octanol–water partition coefficient (Wildman–Crippen LogP) is 2.52. The minimum atomic E-state index is 0.0477. The summed E-state index contributed by atoms with van der Waals surface area (Å²) in [4.78, 5) is 17.4. The first-order chi connectivity index (χ1) is 11.2. The number of aromatic nitrogens is 4. The number of imidazole rings is 1. The summed E-state index contributed by atoms with van der Waals surface area (Å²) in [6, 6.07) is 0. The van der Waals surface area contributed by atoms with E-state index in [1.807, 2.05) is 13.2 Å². The third-order valence-electron chi connectivity index (χ3n) is 4.68. The fourth-order valence-electron chi connectivity index (χ4n) is 3.41. The molecule has 2 aromatic heterocycles. The summed E-state index contributed by atoms with van der Waals surface area (Å²) in [5.74, 6) is 2.04. The molecule has 0 spiro atoms. The fraction of sp³-hybridized carbons (Fsp3) is 0.471. The molecule has 1 amide bonds. The Hall–Kier alpha value is -2.37. The van der Waals surface area contributed by atoms with Crippen molar-refractivity contribution in [3.05, 3.63) is 30.4 Å². The van der Waals surface area contributed by atoms with E-state index in [0.717, 1.165) is 61.5 Å². The van der Waals surface area contributed by atoms with Crippen molar-refractivity contribution in [2.45, 2.75) is 38.6 Å². The number of aryl methyl sites for hydroxylation is 2. The Labute approximate surface area is 135 Å². The zero-order chi connectivity index (χ0) is 15.8. The van der Waals surface area contributed by atoms with Gasteiger partial charge in [0.2, 0.25) is 5.91 Å². The van der Waals surface area contributed by atoms with Gasteiger partial charge in [-0.15, -0.1) is 0 Å². The quantitative estimate of drug-likeness (QED) is 0.886. The van der Waals surface area contributed by atoms with Gasteiger partial charge < -0.3 is 9.88 Å². The zero-order valence-electron chi connectivity index (χ0n) is 13.3. The molecule has 0 unspecified atom stereocenters. The Morgan fingerprint density at radius 1 is 1.30 bits per heavy atom. The first kappa shape index (κ1) is 14.2. The molecule has 23 heavy (non-hydrogen) atoms. The molecule has 0 radical (unpaired) electrons. The van der Waals surface area contributed by atoms with Crippen LogP contribution in [0.3, 0.4) is 0 Å². The van der Waals surface area contributed by atoms with Crippen LogP contribution < -0.4 is 5.32 Å². The van der Waals surface area contributed by atoms with Crippen LogP contribution >= 0.6 is 0 Å². The van der Waals surface area contributed by atoms with Crippen LogP contribution in [0.2, 0.25) is 0 Å². The van der Waals surface area contributed by atoms with Crippen molar-refractivity contribution in [3.8, 4) is 11.3 Å². The minimum absolute atomic E-state index is 0.0477. The number of amides is 1. The van der Waals surface area contributed by atoms with Crippen LogP contribution in [0, 0.1) is 5.92 Å². The molecule has 1 aliphatic carbocycles. The summed E-state index contributed by atoms with van der Waals surface area (Å²) < 4.78 is 3.94. The maximum absolute atomic E-state index is 12.6. The molecule has 0 aromatic carbocycles. The topological polar surface area (TPSA) is 64.7 Å². The summed E-state index contributed by atoms with van der Waals surface area (Å²) in [5.41, 5.74) is 1.79. The van der Waals surface area contributed by atoms with Gasteiger partial charge in [0.1, 0.15) is 17.3 Å². The third-order valence-corrected chi connectivity index (χ3v) is 4.68. The Balaban J connectivity index is 1.70. The van der Waals surface area contributed by atoms with Crippen LogP contribution in [0.1, 0.15) is 31.5 Å². The second kappa shape index (κ2) is 5.68. The summed E-state index contributed by atoms with van der Waals surface area (Å²) >= 11 is 0. The molecule has 0 atom stereocenters. The van der Waals surface area contributed by atoms with Gasteiger partial charge in [0, 0.05) is 37.7 Å². The molecule has 1 aliphatic heterocycles. The fourth-order valence-corrected chi connectivity index (χ4v) is 3.41. The van der Waals surface area contributed by atoms with E-state index in [1.54, 1.807) is 10.9 Å². The van der Waals surface area contributed by atoms with E-state index in [4.69, 9.17) is 4.98 Å². The monoisotopic (exact) mass is 311 g/mol. The van der Waals surface area contributed by atoms with E-state index in [0.29, 0.717) is 0 Å². The smallest absolute Gasteiger partial charge is 0.229 e. The van der Waals surface area contributed by atoms with Gasteiger partial charge in [0.05, 0.1) is 6.20 Å². The normalized spacial score (nSPS) is 17.4. The molecule has 0 saturated heterocycles. The van der Waals surface area contributed by atoms with Gasteiger partial charge in [-0.1, -0.05) is 12.2 Å². The van der Waals surface area contributed by atoms with E-state index in [9.17, 15) is 4.79 Å². The van der Waals surface area contributed by atoms with Crippen molar-refractivity contribution < 1.29 is 4.79 Å². The largest absolute Gasteiger partial charge is 0.314 e. The van der Waals surface area contributed by atoms with E-state index in [-0.39, 0.29) is 11.8 Å². The maximum atomic E-state index is 12.6. The average molecular weight is 311 g/mol. The second-order valence-electron chi connectivity index (χ2n) is 6.37. The van der Waals surface area contributed by atoms with Crippen LogP contribution in [-0.2, 0) is 24.8 Å². The lowest BCUT2D eigenvalue weighted by Gasteiger charge is -2.18. The van der Waals surface area contributed by atoms with Gasteiger partial charge in [-0.05, 0) is 25.7 Å². The number of fused-ring (bicyclic) bond motifs is 1. The minimum Gasteiger partial charge on any atom is -0.314 e. The van der Waals surface area contributed by atoms with E-state index in [1.165, 1.54) is 0 Å². The summed E-state index contributed by atoms with van der Waals surface area (Å²) in [6.45, 7) is 0.918. The van der Waals surface area contributed by atoms with E-state index < -0.39 is 0 Å². The molecule has 0 fully saturated rings. The van der Waals surface area contributed by atoms with Crippen LogP contribution in [0.5, 0.6) is 0 Å². The molecule has 6 nitrogen and oxygen atoms in total. The molecule has 2 aromatic rings. The Bertz CT molecular complexity index is 762. The van der Waals surface area contributed by atoms with Crippen molar-refractivity contribution in [1.29, 1.82) is 0 Å². The number of allylic oxidation sites excluding steroid dienone is 2. The van der Waals surface area contributed by atoms with Gasteiger partial charge in [-0.3, -0.25) is 9.48 Å². The van der Waals surface area contributed by atoms with Gasteiger partial charge in [-0.25, -0.2) is 4.98 Å². The maximum Gasteiger partial charge on any atom is 0.229 e. The molecular weight excluding hydrogens is 290 g/mol. The van der Waals surface area contributed by atoms with Crippen molar-refractivity contribution in [1.82, 2.24) is 19.3 Å². The van der Waals surface area contributed by atoms with Gasteiger partial charge >= 0.3 is 0 Å².